The quantitative estimate of drug-likeness (QED) is 0.380. The minimum absolute atomic E-state index is 0.149. The lowest BCUT2D eigenvalue weighted by Gasteiger charge is -2.35. The number of rotatable bonds is 5. The Balaban J connectivity index is 1.12. The minimum Gasteiger partial charge on any atom is -0.508 e. The van der Waals surface area contributed by atoms with Crippen LogP contribution in [0.4, 0.5) is 16.2 Å². The fraction of sp³-hybridized carbons (Fsp3) is 0.172. The van der Waals surface area contributed by atoms with E-state index in [1.165, 1.54) is 12.1 Å². The van der Waals surface area contributed by atoms with Gasteiger partial charge in [-0.25, -0.2) is 4.79 Å². The van der Waals surface area contributed by atoms with Gasteiger partial charge in [0.2, 0.25) is 0 Å². The molecule has 0 radical (unpaired) electrons. The molecule has 2 amide bonds. The molecule has 0 saturated carbocycles. The second-order valence-corrected chi connectivity index (χ2v) is 8.71. The van der Waals surface area contributed by atoms with Crippen LogP contribution in [-0.4, -0.2) is 48.2 Å². The van der Waals surface area contributed by atoms with Gasteiger partial charge in [0.15, 0.2) is 0 Å². The van der Waals surface area contributed by atoms with Crippen LogP contribution < -0.4 is 10.2 Å². The third kappa shape index (κ3) is 5.25. The first-order chi connectivity index (χ1) is 17.6. The largest absolute Gasteiger partial charge is 0.508 e. The Morgan fingerprint density at radius 2 is 1.50 bits per heavy atom. The summed E-state index contributed by atoms with van der Waals surface area (Å²) in [6.45, 7) is 2.74. The SMILES string of the molecule is O=C(Nc1ccc(O)cc1)c1ccc(N2CCN(C(=O)OCc3cccc4ccccc34)CC2)cc1. The maximum absolute atomic E-state index is 12.7. The predicted molar refractivity (Wildman–Crippen MR) is 140 cm³/mol. The number of aromatic hydroxyl groups is 1. The molecule has 0 aromatic heterocycles. The average molecular weight is 482 g/mol. The number of nitrogens with zero attached hydrogens (tertiary/aromatic N) is 2. The molecule has 1 saturated heterocycles. The highest BCUT2D eigenvalue weighted by molar-refractivity contribution is 6.04. The highest BCUT2D eigenvalue weighted by Gasteiger charge is 2.23. The van der Waals surface area contributed by atoms with E-state index in [-0.39, 0.29) is 24.4 Å². The number of fused-ring (bicyclic) bond motifs is 1. The van der Waals surface area contributed by atoms with Crippen LogP contribution in [0.3, 0.4) is 0 Å². The third-order valence-corrected chi connectivity index (χ3v) is 6.39. The summed E-state index contributed by atoms with van der Waals surface area (Å²) in [7, 11) is 0. The Kier molecular flexibility index (Phi) is 6.71. The average Bonchev–Trinajstić information content (AvgIpc) is 2.93. The summed E-state index contributed by atoms with van der Waals surface area (Å²) in [4.78, 5) is 29.1. The monoisotopic (exact) mass is 481 g/mol. The topological polar surface area (TPSA) is 82.1 Å². The molecule has 5 rings (SSSR count). The van der Waals surface area contributed by atoms with Crippen molar-refractivity contribution in [1.82, 2.24) is 4.90 Å². The van der Waals surface area contributed by atoms with E-state index in [2.05, 4.69) is 22.3 Å². The molecule has 1 aliphatic heterocycles. The molecule has 36 heavy (non-hydrogen) atoms. The first-order valence-corrected chi connectivity index (χ1v) is 11.9. The lowest BCUT2D eigenvalue weighted by Crippen LogP contribution is -2.48. The molecule has 1 heterocycles. The van der Waals surface area contributed by atoms with Crippen molar-refractivity contribution in [1.29, 1.82) is 0 Å². The number of carbonyl (C=O) groups is 2. The van der Waals surface area contributed by atoms with Crippen molar-refractivity contribution < 1.29 is 19.4 Å². The zero-order chi connectivity index (χ0) is 24.9. The molecule has 4 aromatic carbocycles. The summed E-state index contributed by atoms with van der Waals surface area (Å²) in [6, 6.07) is 27.8. The third-order valence-electron chi connectivity index (χ3n) is 6.39. The van der Waals surface area contributed by atoms with Crippen molar-refractivity contribution in [3.63, 3.8) is 0 Å². The number of piperazine rings is 1. The van der Waals surface area contributed by atoms with Crippen LogP contribution in [-0.2, 0) is 11.3 Å². The molecule has 182 valence electrons. The van der Waals surface area contributed by atoms with Crippen molar-refractivity contribution in [3.8, 4) is 5.75 Å². The number of phenolic OH excluding ortho intramolecular Hbond substituents is 1. The van der Waals surface area contributed by atoms with E-state index in [1.807, 2.05) is 42.5 Å². The summed E-state index contributed by atoms with van der Waals surface area (Å²) in [5.41, 5.74) is 3.15. The van der Waals surface area contributed by atoms with E-state index >= 15 is 0 Å². The predicted octanol–water partition coefficient (Wildman–Crippen LogP) is 5.26. The van der Waals surface area contributed by atoms with Gasteiger partial charge in [-0.3, -0.25) is 4.79 Å². The Bertz CT molecular complexity index is 1360. The lowest BCUT2D eigenvalue weighted by atomic mass is 10.1. The van der Waals surface area contributed by atoms with Gasteiger partial charge in [-0.1, -0.05) is 42.5 Å². The summed E-state index contributed by atoms with van der Waals surface area (Å²) >= 11 is 0. The number of carbonyl (C=O) groups excluding carboxylic acids is 2. The molecule has 7 nitrogen and oxygen atoms in total. The number of nitrogens with one attached hydrogen (secondary N) is 1. The highest BCUT2D eigenvalue weighted by Crippen LogP contribution is 2.21. The summed E-state index contributed by atoms with van der Waals surface area (Å²) in [5.74, 6) is -0.0680. The molecular weight excluding hydrogens is 454 g/mol. The fourth-order valence-electron chi connectivity index (χ4n) is 4.37. The molecule has 7 heteroatoms. The zero-order valence-corrected chi connectivity index (χ0v) is 19.8. The second kappa shape index (κ2) is 10.4. The van der Waals surface area contributed by atoms with Crippen LogP contribution in [0.25, 0.3) is 10.8 Å². The van der Waals surface area contributed by atoms with Crippen LogP contribution in [0, 0.1) is 0 Å². The molecule has 0 spiro atoms. The van der Waals surface area contributed by atoms with Crippen LogP contribution in [0.15, 0.2) is 91.0 Å². The molecule has 4 aromatic rings. The van der Waals surface area contributed by atoms with E-state index in [0.717, 1.165) is 22.0 Å². The Morgan fingerprint density at radius 3 is 2.25 bits per heavy atom. The van der Waals surface area contributed by atoms with Gasteiger partial charge in [0.05, 0.1) is 0 Å². The summed E-state index contributed by atoms with van der Waals surface area (Å²) in [5, 5.41) is 14.4. The number of amides is 2. The number of ether oxygens (including phenoxy) is 1. The number of phenols is 1. The van der Waals surface area contributed by atoms with E-state index in [1.54, 1.807) is 29.2 Å². The number of anilines is 2. The molecular formula is C29H27N3O4. The molecule has 0 atom stereocenters. The van der Waals surface area contributed by atoms with Crippen LogP contribution >= 0.6 is 0 Å². The normalized spacial score (nSPS) is 13.4. The molecule has 1 aliphatic rings. The molecule has 0 unspecified atom stereocenters. The summed E-state index contributed by atoms with van der Waals surface area (Å²) < 4.78 is 5.62. The fourth-order valence-corrected chi connectivity index (χ4v) is 4.37. The Hall–Kier alpha value is -4.52. The van der Waals surface area contributed by atoms with Crippen molar-refractivity contribution in [2.75, 3.05) is 36.4 Å². The molecule has 1 fully saturated rings. The highest BCUT2D eigenvalue weighted by atomic mass is 16.6. The smallest absolute Gasteiger partial charge is 0.410 e. The number of hydrogen-bond acceptors (Lipinski definition) is 5. The van der Waals surface area contributed by atoms with Gasteiger partial charge in [0.1, 0.15) is 12.4 Å². The van der Waals surface area contributed by atoms with Crippen molar-refractivity contribution >= 4 is 34.1 Å². The van der Waals surface area contributed by atoms with Crippen LogP contribution in [0.5, 0.6) is 5.75 Å². The van der Waals surface area contributed by atoms with Gasteiger partial charge in [0, 0.05) is 43.1 Å². The van der Waals surface area contributed by atoms with E-state index in [9.17, 15) is 14.7 Å². The van der Waals surface area contributed by atoms with E-state index in [4.69, 9.17) is 4.74 Å². The molecule has 2 N–H and O–H groups in total. The standard InChI is InChI=1S/C29H27N3O4/c33-26-14-10-24(11-15-26)30-28(34)22-8-12-25(13-9-22)31-16-18-32(19-17-31)29(35)36-20-23-6-3-5-21-4-1-2-7-27(21)23/h1-15,33H,16-20H2,(H,30,34). The number of hydrogen-bond donors (Lipinski definition) is 2. The van der Waals surface area contributed by atoms with Gasteiger partial charge in [-0.05, 0) is 64.9 Å². The maximum Gasteiger partial charge on any atom is 0.410 e. The van der Waals surface area contributed by atoms with E-state index < -0.39 is 0 Å². The van der Waals surface area contributed by atoms with Crippen LogP contribution in [0.2, 0.25) is 0 Å². The Labute approximate surface area is 209 Å². The lowest BCUT2D eigenvalue weighted by molar-refractivity contribution is 0.0944. The van der Waals surface area contributed by atoms with Gasteiger partial charge in [0.25, 0.3) is 5.91 Å². The minimum atomic E-state index is -0.302. The Morgan fingerprint density at radius 1 is 0.806 bits per heavy atom. The first-order valence-electron chi connectivity index (χ1n) is 11.9. The first kappa shape index (κ1) is 23.2. The van der Waals surface area contributed by atoms with Gasteiger partial charge < -0.3 is 25.0 Å². The van der Waals surface area contributed by atoms with Gasteiger partial charge in [-0.2, -0.15) is 0 Å². The molecule has 0 aliphatic carbocycles. The second-order valence-electron chi connectivity index (χ2n) is 8.71. The maximum atomic E-state index is 12.7. The van der Waals surface area contributed by atoms with E-state index in [0.29, 0.717) is 37.4 Å². The van der Waals surface area contributed by atoms with Crippen LogP contribution in [0.1, 0.15) is 15.9 Å². The van der Waals surface area contributed by atoms with Crippen molar-refractivity contribution in [3.05, 3.63) is 102 Å². The van der Waals surface area contributed by atoms with Crippen molar-refractivity contribution in [2.24, 2.45) is 0 Å². The van der Waals surface area contributed by atoms with Crippen molar-refractivity contribution in [2.45, 2.75) is 6.61 Å². The van der Waals surface area contributed by atoms with Gasteiger partial charge >= 0.3 is 6.09 Å². The van der Waals surface area contributed by atoms with Gasteiger partial charge in [-0.15, -0.1) is 0 Å². The zero-order valence-electron chi connectivity index (χ0n) is 19.8. The summed E-state index contributed by atoms with van der Waals surface area (Å²) in [6.07, 6.45) is -0.302. The molecule has 0 bridgehead atoms. The number of benzene rings is 4.